The summed E-state index contributed by atoms with van der Waals surface area (Å²) in [6.07, 6.45) is 0.918. The Hall–Kier alpha value is -1.63. The number of alkyl halides is 2. The highest BCUT2D eigenvalue weighted by molar-refractivity contribution is 7.89. The Morgan fingerprint density at radius 3 is 2.61 bits per heavy atom. The minimum Gasteiger partial charge on any atom is -0.325 e. The summed E-state index contributed by atoms with van der Waals surface area (Å²) >= 11 is 0. The van der Waals surface area contributed by atoms with E-state index < -0.39 is 29.0 Å². The molecule has 0 atom stereocenters. The Morgan fingerprint density at radius 2 is 2.17 bits per heavy atom. The SMILES string of the molecule is N#Cc1ccc(S(=O)(=O)NCC(F)(F)CN)cn1. The zero-order valence-electron chi connectivity index (χ0n) is 9.10. The Balaban J connectivity index is 2.84. The molecular formula is C9H10F2N4O2S. The van der Waals surface area contributed by atoms with Crippen LogP contribution in [0.15, 0.2) is 23.2 Å². The Labute approximate surface area is 102 Å². The second kappa shape index (κ2) is 5.34. The molecule has 0 saturated heterocycles. The van der Waals surface area contributed by atoms with E-state index in [0.717, 1.165) is 12.3 Å². The standard InChI is InChI=1S/C9H10F2N4O2S/c10-9(11,5-13)6-15-18(16,17)8-2-1-7(3-12)14-4-8/h1-2,4,15H,5-6,13H2. The van der Waals surface area contributed by atoms with Crippen LogP contribution >= 0.6 is 0 Å². The number of rotatable bonds is 5. The van der Waals surface area contributed by atoms with E-state index in [1.807, 2.05) is 0 Å². The third kappa shape index (κ3) is 3.69. The van der Waals surface area contributed by atoms with Crippen LogP contribution in [0.2, 0.25) is 0 Å². The molecular weight excluding hydrogens is 266 g/mol. The van der Waals surface area contributed by atoms with Gasteiger partial charge in [-0.2, -0.15) is 5.26 Å². The molecule has 0 bridgehead atoms. The number of hydrogen-bond acceptors (Lipinski definition) is 5. The minimum absolute atomic E-state index is 0.0289. The van der Waals surface area contributed by atoms with Crippen molar-refractivity contribution in [2.75, 3.05) is 13.1 Å². The molecule has 3 N–H and O–H groups in total. The first kappa shape index (κ1) is 14.4. The summed E-state index contributed by atoms with van der Waals surface area (Å²) in [5.41, 5.74) is 4.81. The zero-order chi connectivity index (χ0) is 13.8. The summed E-state index contributed by atoms with van der Waals surface area (Å²) in [6, 6.07) is 3.99. The fourth-order valence-electron chi connectivity index (χ4n) is 0.961. The summed E-state index contributed by atoms with van der Waals surface area (Å²) in [6.45, 7) is -2.05. The average Bonchev–Trinajstić information content (AvgIpc) is 2.37. The normalized spacial score (nSPS) is 12.1. The van der Waals surface area contributed by atoms with Crippen molar-refractivity contribution in [3.05, 3.63) is 24.0 Å². The molecule has 1 aromatic rings. The number of halogens is 2. The van der Waals surface area contributed by atoms with Gasteiger partial charge in [-0.05, 0) is 12.1 Å². The number of nitrogens with zero attached hydrogens (tertiary/aromatic N) is 2. The van der Waals surface area contributed by atoms with Crippen molar-refractivity contribution >= 4 is 10.0 Å². The van der Waals surface area contributed by atoms with Crippen LogP contribution in [-0.2, 0) is 10.0 Å². The van der Waals surface area contributed by atoms with Crippen LogP contribution in [-0.4, -0.2) is 32.4 Å². The highest BCUT2D eigenvalue weighted by Crippen LogP contribution is 2.12. The van der Waals surface area contributed by atoms with Crippen molar-refractivity contribution < 1.29 is 17.2 Å². The monoisotopic (exact) mass is 276 g/mol. The van der Waals surface area contributed by atoms with Gasteiger partial charge in [0.05, 0.1) is 13.1 Å². The molecule has 0 amide bonds. The largest absolute Gasteiger partial charge is 0.325 e. The average molecular weight is 276 g/mol. The maximum Gasteiger partial charge on any atom is 0.273 e. The van der Waals surface area contributed by atoms with Crippen molar-refractivity contribution in [2.45, 2.75) is 10.8 Å². The topological polar surface area (TPSA) is 109 Å². The first-order chi connectivity index (χ1) is 8.30. The molecule has 0 radical (unpaired) electrons. The summed E-state index contributed by atoms with van der Waals surface area (Å²) in [4.78, 5) is 3.24. The van der Waals surface area contributed by atoms with Gasteiger partial charge in [-0.1, -0.05) is 0 Å². The van der Waals surface area contributed by atoms with Crippen LogP contribution in [0.5, 0.6) is 0 Å². The predicted octanol–water partition coefficient (Wildman–Crippen LogP) is -0.174. The van der Waals surface area contributed by atoms with Gasteiger partial charge in [0.25, 0.3) is 5.92 Å². The molecule has 0 unspecified atom stereocenters. The minimum atomic E-state index is -4.09. The van der Waals surface area contributed by atoms with Crippen molar-refractivity contribution in [3.63, 3.8) is 0 Å². The van der Waals surface area contributed by atoms with Crippen LogP contribution in [0, 0.1) is 11.3 Å². The van der Waals surface area contributed by atoms with Gasteiger partial charge < -0.3 is 5.73 Å². The van der Waals surface area contributed by atoms with Crippen LogP contribution in [0.25, 0.3) is 0 Å². The number of pyridine rings is 1. The summed E-state index contributed by atoms with van der Waals surface area (Å²) in [5, 5.41) is 8.48. The lowest BCUT2D eigenvalue weighted by Gasteiger charge is -2.14. The van der Waals surface area contributed by atoms with E-state index in [9.17, 15) is 17.2 Å². The Morgan fingerprint density at radius 1 is 1.50 bits per heavy atom. The van der Waals surface area contributed by atoms with Gasteiger partial charge in [-0.3, -0.25) is 0 Å². The van der Waals surface area contributed by atoms with E-state index in [2.05, 4.69) is 4.98 Å². The number of aromatic nitrogens is 1. The lowest BCUT2D eigenvalue weighted by Crippen LogP contribution is -2.41. The van der Waals surface area contributed by atoms with Gasteiger partial charge in [0.1, 0.15) is 16.7 Å². The highest BCUT2D eigenvalue weighted by Gasteiger charge is 2.29. The predicted molar refractivity (Wildman–Crippen MR) is 58.1 cm³/mol. The van der Waals surface area contributed by atoms with Crippen LogP contribution in [0.4, 0.5) is 8.78 Å². The Kier molecular flexibility index (Phi) is 4.28. The zero-order valence-corrected chi connectivity index (χ0v) is 9.92. The first-order valence-electron chi connectivity index (χ1n) is 4.74. The molecule has 98 valence electrons. The maximum atomic E-state index is 12.8. The first-order valence-corrected chi connectivity index (χ1v) is 6.23. The molecule has 0 fully saturated rings. The third-order valence-corrected chi connectivity index (χ3v) is 3.37. The molecule has 0 aliphatic heterocycles. The second-order valence-corrected chi connectivity index (χ2v) is 5.14. The van der Waals surface area contributed by atoms with E-state index in [0.29, 0.717) is 0 Å². The number of hydrogen-bond donors (Lipinski definition) is 2. The molecule has 18 heavy (non-hydrogen) atoms. The van der Waals surface area contributed by atoms with E-state index >= 15 is 0 Å². The molecule has 0 aromatic carbocycles. The van der Waals surface area contributed by atoms with Gasteiger partial charge >= 0.3 is 0 Å². The molecule has 1 heterocycles. The molecule has 0 saturated carbocycles. The van der Waals surface area contributed by atoms with E-state index in [1.165, 1.54) is 6.07 Å². The molecule has 0 aliphatic rings. The van der Waals surface area contributed by atoms with Crippen LogP contribution in [0.3, 0.4) is 0 Å². The highest BCUT2D eigenvalue weighted by atomic mass is 32.2. The fraction of sp³-hybridized carbons (Fsp3) is 0.333. The van der Waals surface area contributed by atoms with Gasteiger partial charge in [0.15, 0.2) is 0 Å². The third-order valence-electron chi connectivity index (χ3n) is 1.98. The summed E-state index contributed by atoms with van der Waals surface area (Å²) in [5.74, 6) is -3.31. The molecule has 0 spiro atoms. The fourth-order valence-corrected chi connectivity index (χ4v) is 1.97. The van der Waals surface area contributed by atoms with E-state index in [-0.39, 0.29) is 10.6 Å². The van der Waals surface area contributed by atoms with Gasteiger partial charge in [0.2, 0.25) is 10.0 Å². The number of nitrogens with one attached hydrogen (secondary N) is 1. The van der Waals surface area contributed by atoms with Crippen molar-refractivity contribution in [1.29, 1.82) is 5.26 Å². The van der Waals surface area contributed by atoms with Gasteiger partial charge in [-0.25, -0.2) is 26.9 Å². The summed E-state index contributed by atoms with van der Waals surface area (Å²) < 4.78 is 50.5. The van der Waals surface area contributed by atoms with Crippen molar-refractivity contribution in [1.82, 2.24) is 9.71 Å². The maximum absolute atomic E-state index is 12.8. The van der Waals surface area contributed by atoms with Crippen LogP contribution < -0.4 is 10.5 Å². The smallest absolute Gasteiger partial charge is 0.273 e. The molecule has 1 aromatic heterocycles. The van der Waals surface area contributed by atoms with Crippen molar-refractivity contribution in [3.8, 4) is 6.07 Å². The van der Waals surface area contributed by atoms with Crippen LogP contribution in [0.1, 0.15) is 5.69 Å². The van der Waals surface area contributed by atoms with Crippen molar-refractivity contribution in [2.24, 2.45) is 5.73 Å². The Bertz CT molecular complexity index is 551. The van der Waals surface area contributed by atoms with E-state index in [1.54, 1.807) is 10.8 Å². The summed E-state index contributed by atoms with van der Waals surface area (Å²) in [7, 11) is -4.09. The molecule has 0 aliphatic carbocycles. The lowest BCUT2D eigenvalue weighted by molar-refractivity contribution is 0.0170. The van der Waals surface area contributed by atoms with Gasteiger partial charge in [0, 0.05) is 6.20 Å². The number of nitriles is 1. The second-order valence-electron chi connectivity index (χ2n) is 3.38. The van der Waals surface area contributed by atoms with E-state index in [4.69, 9.17) is 11.0 Å². The molecule has 1 rings (SSSR count). The lowest BCUT2D eigenvalue weighted by atomic mass is 10.3. The molecule has 9 heteroatoms. The van der Waals surface area contributed by atoms with Gasteiger partial charge in [-0.15, -0.1) is 0 Å². The number of sulfonamides is 1. The number of nitrogens with two attached hydrogens (primary N) is 1. The molecule has 6 nitrogen and oxygen atoms in total. The quantitative estimate of drug-likeness (QED) is 0.775.